The lowest BCUT2D eigenvalue weighted by atomic mass is 9.96. The first-order chi connectivity index (χ1) is 10.1. The van der Waals surface area contributed by atoms with Gasteiger partial charge in [-0.2, -0.15) is 5.10 Å². The highest BCUT2D eigenvalue weighted by molar-refractivity contribution is 5.80. The largest absolute Gasteiger partial charge is 0.357 e. The molecule has 0 unspecified atom stereocenters. The van der Waals surface area contributed by atoms with E-state index in [2.05, 4.69) is 36.5 Å². The van der Waals surface area contributed by atoms with Crippen molar-refractivity contribution < 1.29 is 0 Å². The topological polar surface area (TPSA) is 54.2 Å². The Kier molecular flexibility index (Phi) is 5.65. The standard InChI is InChI=1S/C16H29N5/c1-5-17-16(19-14-9-7-6-8-10-14)18-11-15-12(2)20-21(4)13(15)3/h14H,5-11H2,1-4H3,(H2,17,18,19). The summed E-state index contributed by atoms with van der Waals surface area (Å²) in [7, 11) is 1.99. The lowest BCUT2D eigenvalue weighted by Gasteiger charge is -2.24. The van der Waals surface area contributed by atoms with Crippen LogP contribution in [0.3, 0.4) is 0 Å². The van der Waals surface area contributed by atoms with Crippen molar-refractivity contribution in [3.63, 3.8) is 0 Å². The fraction of sp³-hybridized carbons (Fsp3) is 0.750. The molecule has 2 N–H and O–H groups in total. The fourth-order valence-corrected chi connectivity index (χ4v) is 2.96. The summed E-state index contributed by atoms with van der Waals surface area (Å²) in [5, 5.41) is 11.4. The van der Waals surface area contributed by atoms with Crippen LogP contribution < -0.4 is 10.6 Å². The summed E-state index contributed by atoms with van der Waals surface area (Å²) in [6.07, 6.45) is 6.56. The Hall–Kier alpha value is -1.52. The number of nitrogens with zero attached hydrogens (tertiary/aromatic N) is 3. The number of guanidine groups is 1. The molecule has 0 radical (unpaired) electrons. The van der Waals surface area contributed by atoms with E-state index >= 15 is 0 Å². The molecule has 118 valence electrons. The van der Waals surface area contributed by atoms with Gasteiger partial charge in [0.15, 0.2) is 5.96 Å². The first-order valence-corrected chi connectivity index (χ1v) is 8.15. The zero-order valence-corrected chi connectivity index (χ0v) is 13.9. The number of nitrogens with one attached hydrogen (secondary N) is 2. The summed E-state index contributed by atoms with van der Waals surface area (Å²) in [5.41, 5.74) is 3.51. The van der Waals surface area contributed by atoms with Gasteiger partial charge in [0.2, 0.25) is 0 Å². The van der Waals surface area contributed by atoms with Crippen molar-refractivity contribution in [3.8, 4) is 0 Å². The number of aliphatic imine (C=N–C) groups is 1. The Morgan fingerprint density at radius 2 is 2.00 bits per heavy atom. The normalized spacial score (nSPS) is 17.0. The first-order valence-electron chi connectivity index (χ1n) is 8.15. The van der Waals surface area contributed by atoms with Crippen LogP contribution in [0, 0.1) is 13.8 Å². The van der Waals surface area contributed by atoms with E-state index in [1.54, 1.807) is 0 Å². The molecule has 1 heterocycles. The minimum Gasteiger partial charge on any atom is -0.357 e. The predicted octanol–water partition coefficient (Wildman–Crippen LogP) is 2.42. The van der Waals surface area contributed by atoms with E-state index in [9.17, 15) is 0 Å². The monoisotopic (exact) mass is 291 g/mol. The van der Waals surface area contributed by atoms with Crippen molar-refractivity contribution in [2.24, 2.45) is 12.0 Å². The quantitative estimate of drug-likeness (QED) is 0.662. The summed E-state index contributed by atoms with van der Waals surface area (Å²) in [5.74, 6) is 0.937. The van der Waals surface area contributed by atoms with E-state index in [1.807, 2.05) is 11.7 Å². The molecule has 0 saturated heterocycles. The molecule has 5 heteroatoms. The van der Waals surface area contributed by atoms with Crippen LogP contribution in [0.4, 0.5) is 0 Å². The van der Waals surface area contributed by atoms with Gasteiger partial charge in [-0.1, -0.05) is 19.3 Å². The highest BCUT2D eigenvalue weighted by Crippen LogP contribution is 2.17. The van der Waals surface area contributed by atoms with Crippen molar-refractivity contribution in [3.05, 3.63) is 17.0 Å². The third-order valence-corrected chi connectivity index (χ3v) is 4.34. The fourth-order valence-electron chi connectivity index (χ4n) is 2.96. The van der Waals surface area contributed by atoms with Gasteiger partial charge in [-0.25, -0.2) is 4.99 Å². The summed E-state index contributed by atoms with van der Waals surface area (Å²) in [4.78, 5) is 4.75. The smallest absolute Gasteiger partial charge is 0.191 e. The summed E-state index contributed by atoms with van der Waals surface area (Å²) in [6, 6.07) is 0.577. The molecule has 5 nitrogen and oxygen atoms in total. The highest BCUT2D eigenvalue weighted by atomic mass is 15.3. The molecular weight excluding hydrogens is 262 g/mol. The van der Waals surface area contributed by atoms with Gasteiger partial charge in [0.05, 0.1) is 12.2 Å². The molecule has 0 atom stereocenters. The van der Waals surface area contributed by atoms with Crippen LogP contribution in [-0.2, 0) is 13.6 Å². The van der Waals surface area contributed by atoms with Gasteiger partial charge >= 0.3 is 0 Å². The van der Waals surface area contributed by atoms with Gasteiger partial charge in [-0.3, -0.25) is 4.68 Å². The Morgan fingerprint density at radius 1 is 1.29 bits per heavy atom. The first kappa shape index (κ1) is 15.9. The molecule has 1 aliphatic rings. The van der Waals surface area contributed by atoms with E-state index in [-0.39, 0.29) is 0 Å². The third-order valence-electron chi connectivity index (χ3n) is 4.34. The number of aromatic nitrogens is 2. The maximum absolute atomic E-state index is 4.75. The van der Waals surface area contributed by atoms with Crippen molar-refractivity contribution >= 4 is 5.96 Å². The summed E-state index contributed by atoms with van der Waals surface area (Å²) >= 11 is 0. The molecule has 1 saturated carbocycles. The summed E-state index contributed by atoms with van der Waals surface area (Å²) < 4.78 is 1.93. The highest BCUT2D eigenvalue weighted by Gasteiger charge is 2.15. The van der Waals surface area contributed by atoms with Gasteiger partial charge in [0.25, 0.3) is 0 Å². The number of rotatable bonds is 4. The second-order valence-electron chi connectivity index (χ2n) is 5.95. The molecule has 0 aromatic carbocycles. The zero-order chi connectivity index (χ0) is 15.2. The minimum atomic E-state index is 0.577. The van der Waals surface area contributed by atoms with Gasteiger partial charge in [0, 0.05) is 30.9 Å². The third kappa shape index (κ3) is 4.22. The molecule has 1 aliphatic carbocycles. The second kappa shape index (κ2) is 7.48. The van der Waals surface area contributed by atoms with Crippen molar-refractivity contribution in [1.29, 1.82) is 0 Å². The maximum Gasteiger partial charge on any atom is 0.191 e. The Bertz CT molecular complexity index is 483. The molecule has 2 rings (SSSR count). The molecule has 21 heavy (non-hydrogen) atoms. The maximum atomic E-state index is 4.75. The zero-order valence-electron chi connectivity index (χ0n) is 13.9. The van der Waals surface area contributed by atoms with Crippen LogP contribution in [0.25, 0.3) is 0 Å². The lowest BCUT2D eigenvalue weighted by molar-refractivity contribution is 0.410. The minimum absolute atomic E-state index is 0.577. The van der Waals surface area contributed by atoms with Crippen molar-refractivity contribution in [2.45, 2.75) is 65.5 Å². The van der Waals surface area contributed by atoms with E-state index in [1.165, 1.54) is 43.4 Å². The van der Waals surface area contributed by atoms with Crippen LogP contribution >= 0.6 is 0 Å². The number of hydrogen-bond acceptors (Lipinski definition) is 2. The van der Waals surface area contributed by atoms with E-state index in [0.717, 1.165) is 18.2 Å². The number of hydrogen-bond donors (Lipinski definition) is 2. The van der Waals surface area contributed by atoms with Gasteiger partial charge < -0.3 is 10.6 Å². The second-order valence-corrected chi connectivity index (χ2v) is 5.95. The SMILES string of the molecule is CCNC(=NCc1c(C)nn(C)c1C)NC1CCCCC1. The van der Waals surface area contributed by atoms with Gasteiger partial charge in [-0.05, 0) is 33.6 Å². The van der Waals surface area contributed by atoms with E-state index in [0.29, 0.717) is 12.6 Å². The van der Waals surface area contributed by atoms with Crippen molar-refractivity contribution in [1.82, 2.24) is 20.4 Å². The average Bonchev–Trinajstić information content (AvgIpc) is 2.71. The molecule has 1 aromatic rings. The lowest BCUT2D eigenvalue weighted by Crippen LogP contribution is -2.44. The Labute approximate surface area is 128 Å². The Balaban J connectivity index is 2.02. The van der Waals surface area contributed by atoms with Crippen LogP contribution in [0.15, 0.2) is 4.99 Å². The van der Waals surface area contributed by atoms with Crippen molar-refractivity contribution in [2.75, 3.05) is 6.54 Å². The predicted molar refractivity (Wildman–Crippen MR) is 87.5 cm³/mol. The Morgan fingerprint density at radius 3 is 2.57 bits per heavy atom. The molecule has 1 fully saturated rings. The van der Waals surface area contributed by atoms with Gasteiger partial charge in [0.1, 0.15) is 0 Å². The molecule has 0 amide bonds. The van der Waals surface area contributed by atoms with E-state index < -0.39 is 0 Å². The molecule has 0 bridgehead atoms. The number of aryl methyl sites for hydroxylation is 2. The van der Waals surface area contributed by atoms with Crippen LogP contribution in [0.1, 0.15) is 56.0 Å². The van der Waals surface area contributed by atoms with Gasteiger partial charge in [-0.15, -0.1) is 0 Å². The molecule has 1 aromatic heterocycles. The average molecular weight is 291 g/mol. The molecule has 0 aliphatic heterocycles. The molecular formula is C16H29N5. The van der Waals surface area contributed by atoms with Crippen LogP contribution in [0.5, 0.6) is 0 Å². The van der Waals surface area contributed by atoms with E-state index in [4.69, 9.17) is 4.99 Å². The van der Waals surface area contributed by atoms with Crippen LogP contribution in [0.2, 0.25) is 0 Å². The van der Waals surface area contributed by atoms with Crippen LogP contribution in [-0.4, -0.2) is 28.3 Å². The molecule has 0 spiro atoms. The summed E-state index contributed by atoms with van der Waals surface area (Å²) in [6.45, 7) is 7.85.